The summed E-state index contributed by atoms with van der Waals surface area (Å²) in [5.41, 5.74) is 2.29. The van der Waals surface area contributed by atoms with Gasteiger partial charge in [-0.3, -0.25) is 4.79 Å². The monoisotopic (exact) mass is 355 g/mol. The van der Waals surface area contributed by atoms with Gasteiger partial charge in [-0.1, -0.05) is 56.3 Å². The molecule has 2 aromatic rings. The Morgan fingerprint density at radius 3 is 2.76 bits per heavy atom. The molecule has 0 spiro atoms. The van der Waals surface area contributed by atoms with Crippen LogP contribution in [0.25, 0.3) is 0 Å². The molecule has 0 unspecified atom stereocenters. The molecule has 4 heteroatoms. The average Bonchev–Trinajstić information content (AvgIpc) is 3.10. The number of ether oxygens (including phenoxy) is 1. The van der Waals surface area contributed by atoms with Gasteiger partial charge in [-0.05, 0) is 29.2 Å². The number of hydrogen-bond acceptors (Lipinski definition) is 3. The van der Waals surface area contributed by atoms with E-state index in [1.165, 1.54) is 0 Å². The first-order valence-corrected chi connectivity index (χ1v) is 9.86. The molecule has 1 heterocycles. The fourth-order valence-electron chi connectivity index (χ4n) is 2.97. The largest absolute Gasteiger partial charge is 0.489 e. The zero-order valence-corrected chi connectivity index (χ0v) is 15.7. The standard InChI is InChI=1S/C21H25NO2S/c1-16(2)13-20(23)22-11-12-25-21(22)18-9-6-10-19(14-18)24-15-17-7-4-3-5-8-17/h3-10,14,16,21H,11-13,15H2,1-2H3/t21-/m1/s1. The third kappa shape index (κ3) is 4.79. The van der Waals surface area contributed by atoms with Crippen LogP contribution in [0.5, 0.6) is 5.75 Å². The molecule has 0 bridgehead atoms. The molecule has 1 atom stereocenters. The van der Waals surface area contributed by atoms with Crippen LogP contribution in [0, 0.1) is 5.92 Å². The lowest BCUT2D eigenvalue weighted by molar-refractivity contribution is -0.132. The van der Waals surface area contributed by atoms with Crippen molar-refractivity contribution in [3.63, 3.8) is 0 Å². The number of hydrogen-bond donors (Lipinski definition) is 0. The van der Waals surface area contributed by atoms with Crippen molar-refractivity contribution in [2.24, 2.45) is 5.92 Å². The van der Waals surface area contributed by atoms with Crippen molar-refractivity contribution in [1.29, 1.82) is 0 Å². The first-order chi connectivity index (χ1) is 12.1. The molecular weight excluding hydrogens is 330 g/mol. The Bertz CT molecular complexity index is 702. The Morgan fingerprint density at radius 2 is 2.00 bits per heavy atom. The van der Waals surface area contributed by atoms with Crippen molar-refractivity contribution >= 4 is 17.7 Å². The number of carbonyl (C=O) groups is 1. The van der Waals surface area contributed by atoms with Gasteiger partial charge in [0, 0.05) is 18.7 Å². The summed E-state index contributed by atoms with van der Waals surface area (Å²) in [7, 11) is 0. The maximum Gasteiger partial charge on any atom is 0.224 e. The molecular formula is C21H25NO2S. The van der Waals surface area contributed by atoms with Gasteiger partial charge in [0.1, 0.15) is 17.7 Å². The average molecular weight is 356 g/mol. The summed E-state index contributed by atoms with van der Waals surface area (Å²) in [4.78, 5) is 14.5. The van der Waals surface area contributed by atoms with Crippen LogP contribution in [0.3, 0.4) is 0 Å². The number of nitrogens with zero attached hydrogens (tertiary/aromatic N) is 1. The van der Waals surface area contributed by atoms with E-state index in [4.69, 9.17) is 4.74 Å². The van der Waals surface area contributed by atoms with Crippen molar-refractivity contribution in [2.75, 3.05) is 12.3 Å². The van der Waals surface area contributed by atoms with E-state index in [-0.39, 0.29) is 11.3 Å². The van der Waals surface area contributed by atoms with Gasteiger partial charge in [0.25, 0.3) is 0 Å². The molecule has 1 aliphatic heterocycles. The summed E-state index contributed by atoms with van der Waals surface area (Å²) in [6.45, 7) is 5.57. The molecule has 1 fully saturated rings. The van der Waals surface area contributed by atoms with Crippen LogP contribution in [-0.4, -0.2) is 23.1 Å². The van der Waals surface area contributed by atoms with Crippen LogP contribution in [0.15, 0.2) is 54.6 Å². The maximum absolute atomic E-state index is 12.5. The Kier molecular flexibility index (Phi) is 6.03. The lowest BCUT2D eigenvalue weighted by atomic mass is 10.1. The van der Waals surface area contributed by atoms with E-state index in [1.54, 1.807) is 0 Å². The van der Waals surface area contributed by atoms with Gasteiger partial charge in [-0.15, -0.1) is 11.8 Å². The Morgan fingerprint density at radius 1 is 1.20 bits per heavy atom. The topological polar surface area (TPSA) is 29.5 Å². The van der Waals surface area contributed by atoms with E-state index in [0.29, 0.717) is 18.9 Å². The molecule has 132 valence electrons. The SMILES string of the molecule is CC(C)CC(=O)N1CCS[C@@H]1c1cccc(OCc2ccccc2)c1. The predicted octanol–water partition coefficient (Wildman–Crippen LogP) is 4.89. The van der Waals surface area contributed by atoms with Crippen LogP contribution in [0.4, 0.5) is 0 Å². The van der Waals surface area contributed by atoms with Gasteiger partial charge < -0.3 is 9.64 Å². The molecule has 0 aliphatic carbocycles. The fraction of sp³-hybridized carbons (Fsp3) is 0.381. The molecule has 0 aromatic heterocycles. The lowest BCUT2D eigenvalue weighted by Gasteiger charge is -2.25. The minimum absolute atomic E-state index is 0.103. The Balaban J connectivity index is 1.68. The molecule has 3 nitrogen and oxygen atoms in total. The molecule has 0 saturated carbocycles. The zero-order chi connectivity index (χ0) is 17.6. The van der Waals surface area contributed by atoms with Crippen LogP contribution in [0.1, 0.15) is 36.8 Å². The van der Waals surface area contributed by atoms with E-state index in [9.17, 15) is 4.79 Å². The molecule has 25 heavy (non-hydrogen) atoms. The van der Waals surface area contributed by atoms with Gasteiger partial charge in [0.05, 0.1) is 0 Å². The van der Waals surface area contributed by atoms with Crippen molar-refractivity contribution in [3.8, 4) is 5.75 Å². The second-order valence-corrected chi connectivity index (χ2v) is 7.94. The van der Waals surface area contributed by atoms with Crippen molar-refractivity contribution in [1.82, 2.24) is 4.90 Å². The molecule has 3 rings (SSSR count). The number of amides is 1. The second kappa shape index (κ2) is 8.43. The number of thioether (sulfide) groups is 1. The van der Waals surface area contributed by atoms with Crippen molar-refractivity contribution < 1.29 is 9.53 Å². The van der Waals surface area contributed by atoms with Crippen molar-refractivity contribution in [2.45, 2.75) is 32.2 Å². The highest BCUT2D eigenvalue weighted by Crippen LogP contribution is 2.39. The Labute approximate surface area is 154 Å². The highest BCUT2D eigenvalue weighted by Gasteiger charge is 2.30. The fourth-order valence-corrected chi connectivity index (χ4v) is 4.23. The molecule has 2 aromatic carbocycles. The van der Waals surface area contributed by atoms with E-state index in [0.717, 1.165) is 29.2 Å². The van der Waals surface area contributed by atoms with Gasteiger partial charge in [-0.25, -0.2) is 0 Å². The summed E-state index contributed by atoms with van der Waals surface area (Å²) in [5, 5.41) is 0.103. The molecule has 1 amide bonds. The number of rotatable bonds is 6. The van der Waals surface area contributed by atoms with Crippen LogP contribution < -0.4 is 4.74 Å². The normalized spacial score (nSPS) is 17.1. The van der Waals surface area contributed by atoms with Crippen LogP contribution in [-0.2, 0) is 11.4 Å². The van der Waals surface area contributed by atoms with Gasteiger partial charge >= 0.3 is 0 Å². The smallest absolute Gasteiger partial charge is 0.224 e. The van der Waals surface area contributed by atoms with E-state index in [2.05, 4.69) is 38.1 Å². The number of carbonyl (C=O) groups excluding carboxylic acids is 1. The quantitative estimate of drug-likeness (QED) is 0.739. The maximum atomic E-state index is 12.5. The minimum atomic E-state index is 0.103. The summed E-state index contributed by atoms with van der Waals surface area (Å²) in [6, 6.07) is 18.3. The van der Waals surface area contributed by atoms with Crippen LogP contribution >= 0.6 is 11.8 Å². The third-order valence-corrected chi connectivity index (χ3v) is 5.45. The van der Waals surface area contributed by atoms with Crippen molar-refractivity contribution in [3.05, 3.63) is 65.7 Å². The summed E-state index contributed by atoms with van der Waals surface area (Å²) in [6.07, 6.45) is 0.612. The van der Waals surface area contributed by atoms with Gasteiger partial charge in [0.2, 0.25) is 5.91 Å². The van der Waals surface area contributed by atoms with E-state index in [1.807, 2.05) is 47.0 Å². The highest BCUT2D eigenvalue weighted by molar-refractivity contribution is 7.99. The zero-order valence-electron chi connectivity index (χ0n) is 14.9. The predicted molar refractivity (Wildman–Crippen MR) is 104 cm³/mol. The van der Waals surface area contributed by atoms with Crippen LogP contribution in [0.2, 0.25) is 0 Å². The van der Waals surface area contributed by atoms with E-state index >= 15 is 0 Å². The number of benzene rings is 2. The van der Waals surface area contributed by atoms with Gasteiger partial charge in [-0.2, -0.15) is 0 Å². The van der Waals surface area contributed by atoms with E-state index < -0.39 is 0 Å². The summed E-state index contributed by atoms with van der Waals surface area (Å²) in [5.74, 6) is 2.48. The minimum Gasteiger partial charge on any atom is -0.489 e. The third-order valence-electron chi connectivity index (χ3n) is 4.19. The molecule has 1 saturated heterocycles. The second-order valence-electron chi connectivity index (χ2n) is 6.76. The van der Waals surface area contributed by atoms with Gasteiger partial charge in [0.15, 0.2) is 0 Å². The first kappa shape index (κ1) is 17.9. The molecule has 1 aliphatic rings. The molecule has 0 radical (unpaired) electrons. The summed E-state index contributed by atoms with van der Waals surface area (Å²) >= 11 is 1.83. The highest BCUT2D eigenvalue weighted by atomic mass is 32.2. The lowest BCUT2D eigenvalue weighted by Crippen LogP contribution is -2.31. The Hall–Kier alpha value is -1.94. The summed E-state index contributed by atoms with van der Waals surface area (Å²) < 4.78 is 5.94. The molecule has 0 N–H and O–H groups in total. The first-order valence-electron chi connectivity index (χ1n) is 8.81.